The Kier molecular flexibility index (Phi) is 9.24. The highest BCUT2D eigenvalue weighted by Crippen LogP contribution is 2.39. The van der Waals surface area contributed by atoms with Crippen LogP contribution in [0.3, 0.4) is 0 Å². The topological polar surface area (TPSA) is 98.4 Å². The molecular formula is C36H43FN4O5. The van der Waals surface area contributed by atoms with Gasteiger partial charge in [-0.3, -0.25) is 0 Å². The van der Waals surface area contributed by atoms with Crippen LogP contribution in [0.15, 0.2) is 55.1 Å². The van der Waals surface area contributed by atoms with Crippen LogP contribution in [-0.2, 0) is 19.0 Å². The highest BCUT2D eigenvalue weighted by atomic mass is 19.1. The Bertz CT molecular complexity index is 1750. The highest BCUT2D eigenvalue weighted by molar-refractivity contribution is 5.81. The Labute approximate surface area is 269 Å². The molecule has 0 saturated carbocycles. The molecule has 1 aliphatic rings. The van der Waals surface area contributed by atoms with Gasteiger partial charge in [-0.1, -0.05) is 24.3 Å². The van der Waals surface area contributed by atoms with Crippen molar-refractivity contribution in [2.24, 2.45) is 0 Å². The fourth-order valence-corrected chi connectivity index (χ4v) is 5.99. The summed E-state index contributed by atoms with van der Waals surface area (Å²) in [6.45, 7) is 16.9. The number of carbonyl (C=O) groups is 1. The van der Waals surface area contributed by atoms with Gasteiger partial charge in [0.2, 0.25) is 0 Å². The van der Waals surface area contributed by atoms with Crippen LogP contribution >= 0.6 is 0 Å². The molecule has 1 unspecified atom stereocenters. The largest absolute Gasteiger partial charge is 0.507 e. The monoisotopic (exact) mass is 630 g/mol. The standard InChI is InChI=1S/C36H43FN4O5/c1-9-17-45-36(7)13-15-40(16-14-36)33-30(32(34(43)44-8)46-35(4,5)6)23(3)38-29-21-27(39-41(29)33)24-11-10-12-25(20-24)31-26(37)18-22(2)19-28(31)42/h9-12,18-21,32,42H,1,13-17H2,2-8H3. The molecule has 1 fully saturated rings. The number of esters is 1. The van der Waals surface area contributed by atoms with E-state index in [1.807, 2.05) is 39.8 Å². The summed E-state index contributed by atoms with van der Waals surface area (Å²) in [5, 5.41) is 15.6. The number of methoxy groups -OCH3 is 1. The number of benzene rings is 2. The lowest BCUT2D eigenvalue weighted by atomic mass is 9.92. The maximum Gasteiger partial charge on any atom is 0.339 e. The number of nitrogens with zero attached hydrogens (tertiary/aromatic N) is 4. The van der Waals surface area contributed by atoms with E-state index < -0.39 is 23.5 Å². The molecule has 1 aliphatic heterocycles. The molecule has 0 amide bonds. The molecule has 244 valence electrons. The quantitative estimate of drug-likeness (QED) is 0.154. The predicted molar refractivity (Wildman–Crippen MR) is 177 cm³/mol. The number of phenolic OH excluding ortho intramolecular Hbond substituents is 1. The third-order valence-electron chi connectivity index (χ3n) is 8.28. The number of ether oxygens (including phenoxy) is 3. The van der Waals surface area contributed by atoms with Gasteiger partial charge in [0.25, 0.3) is 0 Å². The van der Waals surface area contributed by atoms with Crippen LogP contribution < -0.4 is 4.90 Å². The molecule has 0 radical (unpaired) electrons. The van der Waals surface area contributed by atoms with E-state index in [0.717, 1.165) is 12.8 Å². The molecule has 10 heteroatoms. The number of aryl methyl sites for hydroxylation is 2. The summed E-state index contributed by atoms with van der Waals surface area (Å²) >= 11 is 0. The van der Waals surface area contributed by atoms with Gasteiger partial charge in [0.15, 0.2) is 11.8 Å². The summed E-state index contributed by atoms with van der Waals surface area (Å²) in [5.41, 5.74) is 3.39. The van der Waals surface area contributed by atoms with Crippen molar-refractivity contribution >= 4 is 17.4 Å². The van der Waals surface area contributed by atoms with Gasteiger partial charge in [-0.2, -0.15) is 9.61 Å². The minimum Gasteiger partial charge on any atom is -0.507 e. The molecule has 1 atom stereocenters. The van der Waals surface area contributed by atoms with Crippen molar-refractivity contribution in [2.45, 2.75) is 71.7 Å². The van der Waals surface area contributed by atoms with Crippen molar-refractivity contribution in [2.75, 3.05) is 31.7 Å². The SMILES string of the molecule is C=CCOC1(C)CCN(c2c(C(OC(C)(C)C)C(=O)OC)c(C)nc3cc(-c4cccc(-c5c(O)cc(C)cc5F)c4)nn23)CC1. The van der Waals surface area contributed by atoms with Gasteiger partial charge in [-0.05, 0) is 83.7 Å². The average Bonchev–Trinajstić information content (AvgIpc) is 3.41. The number of fused-ring (bicyclic) bond motifs is 1. The summed E-state index contributed by atoms with van der Waals surface area (Å²) in [6, 6.07) is 12.0. The van der Waals surface area contributed by atoms with Crippen molar-refractivity contribution < 1.29 is 28.5 Å². The second-order valence-corrected chi connectivity index (χ2v) is 13.1. The molecule has 1 N–H and O–H groups in total. The number of halogens is 1. The van der Waals surface area contributed by atoms with Crippen molar-refractivity contribution in [3.05, 3.63) is 77.8 Å². The van der Waals surface area contributed by atoms with Crippen LogP contribution in [0.4, 0.5) is 10.2 Å². The zero-order valence-corrected chi connectivity index (χ0v) is 27.7. The zero-order chi connectivity index (χ0) is 33.4. The molecule has 2 aromatic carbocycles. The van der Waals surface area contributed by atoms with Gasteiger partial charge in [-0.15, -0.1) is 6.58 Å². The zero-order valence-electron chi connectivity index (χ0n) is 27.7. The number of hydrogen-bond donors (Lipinski definition) is 1. The Morgan fingerprint density at radius 2 is 1.85 bits per heavy atom. The smallest absolute Gasteiger partial charge is 0.339 e. The minimum atomic E-state index is -1.05. The normalized spacial score (nSPS) is 15.6. The Hall–Kier alpha value is -4.28. The van der Waals surface area contributed by atoms with E-state index in [2.05, 4.69) is 18.4 Å². The van der Waals surface area contributed by atoms with E-state index in [0.29, 0.717) is 64.8 Å². The molecule has 4 aromatic rings. The van der Waals surface area contributed by atoms with Crippen LogP contribution in [0.2, 0.25) is 0 Å². The molecule has 0 aliphatic carbocycles. The average molecular weight is 631 g/mol. The number of anilines is 1. The van der Waals surface area contributed by atoms with E-state index in [4.69, 9.17) is 24.3 Å². The number of carbonyl (C=O) groups excluding carboxylic acids is 1. The number of piperidine rings is 1. The fourth-order valence-electron chi connectivity index (χ4n) is 5.99. The number of aromatic hydroxyl groups is 1. The first kappa shape index (κ1) is 33.1. The molecule has 3 heterocycles. The summed E-state index contributed by atoms with van der Waals surface area (Å²) in [6.07, 6.45) is 2.19. The summed E-state index contributed by atoms with van der Waals surface area (Å²) in [4.78, 5) is 20.4. The first-order valence-corrected chi connectivity index (χ1v) is 15.5. The van der Waals surface area contributed by atoms with E-state index >= 15 is 0 Å². The number of phenols is 1. The fraction of sp³-hybridized carbons (Fsp3) is 0.417. The molecular weight excluding hydrogens is 587 g/mol. The number of aromatic nitrogens is 3. The maximum atomic E-state index is 15.0. The third-order valence-corrected chi connectivity index (χ3v) is 8.28. The molecule has 1 saturated heterocycles. The molecule has 2 aromatic heterocycles. The highest BCUT2D eigenvalue weighted by Gasteiger charge is 2.38. The van der Waals surface area contributed by atoms with E-state index in [1.165, 1.54) is 13.2 Å². The summed E-state index contributed by atoms with van der Waals surface area (Å²) < 4.78 is 34.5. The first-order valence-electron chi connectivity index (χ1n) is 15.5. The van der Waals surface area contributed by atoms with E-state index in [9.17, 15) is 14.3 Å². The van der Waals surface area contributed by atoms with Crippen molar-refractivity contribution in [3.63, 3.8) is 0 Å². The Morgan fingerprint density at radius 3 is 2.48 bits per heavy atom. The van der Waals surface area contributed by atoms with Crippen LogP contribution in [0.1, 0.15) is 63.5 Å². The van der Waals surface area contributed by atoms with E-state index in [1.54, 1.807) is 41.8 Å². The number of hydrogen-bond acceptors (Lipinski definition) is 8. The Morgan fingerprint density at radius 1 is 1.15 bits per heavy atom. The van der Waals surface area contributed by atoms with Crippen molar-refractivity contribution in [1.29, 1.82) is 0 Å². The molecule has 5 rings (SSSR count). The molecule has 0 bridgehead atoms. The van der Waals surface area contributed by atoms with Crippen molar-refractivity contribution in [3.8, 4) is 28.1 Å². The van der Waals surface area contributed by atoms with Crippen LogP contribution in [-0.4, -0.2) is 63.7 Å². The minimum absolute atomic E-state index is 0.128. The third kappa shape index (κ3) is 6.78. The second-order valence-electron chi connectivity index (χ2n) is 13.1. The maximum absolute atomic E-state index is 15.0. The number of rotatable bonds is 9. The van der Waals surface area contributed by atoms with Crippen LogP contribution in [0, 0.1) is 19.7 Å². The van der Waals surface area contributed by atoms with Gasteiger partial charge in [0.05, 0.1) is 41.7 Å². The molecule has 9 nitrogen and oxygen atoms in total. The summed E-state index contributed by atoms with van der Waals surface area (Å²) in [7, 11) is 1.35. The van der Waals surface area contributed by atoms with Gasteiger partial charge in [0, 0.05) is 30.4 Å². The van der Waals surface area contributed by atoms with Gasteiger partial charge >= 0.3 is 5.97 Å². The van der Waals surface area contributed by atoms with Gasteiger partial charge < -0.3 is 24.2 Å². The van der Waals surface area contributed by atoms with Crippen LogP contribution in [0.25, 0.3) is 28.0 Å². The summed E-state index contributed by atoms with van der Waals surface area (Å²) in [5.74, 6) is -0.472. The molecule has 0 spiro atoms. The second kappa shape index (κ2) is 12.8. The van der Waals surface area contributed by atoms with Gasteiger partial charge in [-0.25, -0.2) is 14.2 Å². The lowest BCUT2D eigenvalue weighted by Gasteiger charge is -2.41. The predicted octanol–water partition coefficient (Wildman–Crippen LogP) is 7.12. The van der Waals surface area contributed by atoms with Gasteiger partial charge in [0.1, 0.15) is 17.4 Å². The lowest BCUT2D eigenvalue weighted by Crippen LogP contribution is -2.45. The Balaban J connectivity index is 1.67. The molecule has 46 heavy (non-hydrogen) atoms. The van der Waals surface area contributed by atoms with Crippen LogP contribution in [0.5, 0.6) is 5.75 Å². The van der Waals surface area contributed by atoms with E-state index in [-0.39, 0.29) is 16.9 Å². The van der Waals surface area contributed by atoms with Crippen molar-refractivity contribution in [1.82, 2.24) is 14.6 Å². The lowest BCUT2D eigenvalue weighted by molar-refractivity contribution is -0.164. The first-order chi connectivity index (χ1) is 21.7.